The van der Waals surface area contributed by atoms with E-state index in [0.717, 1.165) is 22.2 Å². The summed E-state index contributed by atoms with van der Waals surface area (Å²) in [5.74, 6) is 1.75. The van der Waals surface area contributed by atoms with E-state index in [4.69, 9.17) is 4.74 Å². The van der Waals surface area contributed by atoms with Gasteiger partial charge in [-0.1, -0.05) is 30.0 Å². The van der Waals surface area contributed by atoms with E-state index in [1.54, 1.807) is 16.4 Å². The molecular weight excluding hydrogens is 274 g/mol. The molecule has 1 heterocycles. The maximum atomic E-state index is 5.69. The molecule has 1 N–H and O–H groups in total. The van der Waals surface area contributed by atoms with Gasteiger partial charge in [0, 0.05) is 24.4 Å². The molecule has 0 amide bonds. The highest BCUT2D eigenvalue weighted by Crippen LogP contribution is 2.29. The van der Waals surface area contributed by atoms with E-state index in [2.05, 4.69) is 26.9 Å². The number of aryl methyl sites for hydroxylation is 1. The number of benzene rings is 1. The van der Waals surface area contributed by atoms with E-state index in [0.29, 0.717) is 6.61 Å². The van der Waals surface area contributed by atoms with Crippen LogP contribution in [0.15, 0.2) is 29.4 Å². The SMILES string of the molecule is CCOc1ccccc1C(CSc1nnnn1C)NC. The van der Waals surface area contributed by atoms with Crippen LogP contribution in [-0.2, 0) is 7.05 Å². The van der Waals surface area contributed by atoms with Gasteiger partial charge in [0.15, 0.2) is 0 Å². The lowest BCUT2D eigenvalue weighted by atomic mass is 10.1. The quantitative estimate of drug-likeness (QED) is 0.783. The lowest BCUT2D eigenvalue weighted by Crippen LogP contribution is -2.20. The van der Waals surface area contributed by atoms with Gasteiger partial charge >= 0.3 is 0 Å². The van der Waals surface area contributed by atoms with Crippen LogP contribution in [0.3, 0.4) is 0 Å². The minimum Gasteiger partial charge on any atom is -0.494 e. The van der Waals surface area contributed by atoms with Crippen molar-refractivity contribution < 1.29 is 4.74 Å². The second kappa shape index (κ2) is 7.25. The smallest absolute Gasteiger partial charge is 0.209 e. The molecule has 6 nitrogen and oxygen atoms in total. The van der Waals surface area contributed by atoms with Gasteiger partial charge in [-0.15, -0.1) is 5.10 Å². The van der Waals surface area contributed by atoms with Crippen molar-refractivity contribution in [2.24, 2.45) is 7.05 Å². The summed E-state index contributed by atoms with van der Waals surface area (Å²) in [6.07, 6.45) is 0. The molecule has 0 aliphatic rings. The van der Waals surface area contributed by atoms with Gasteiger partial charge in [-0.3, -0.25) is 0 Å². The number of para-hydroxylation sites is 1. The summed E-state index contributed by atoms with van der Waals surface area (Å²) in [6.45, 7) is 2.65. The highest BCUT2D eigenvalue weighted by atomic mass is 32.2. The number of tetrazole rings is 1. The van der Waals surface area contributed by atoms with Crippen LogP contribution in [-0.4, -0.2) is 39.6 Å². The lowest BCUT2D eigenvalue weighted by Gasteiger charge is -2.19. The summed E-state index contributed by atoms with van der Waals surface area (Å²) in [4.78, 5) is 0. The van der Waals surface area contributed by atoms with E-state index >= 15 is 0 Å². The summed E-state index contributed by atoms with van der Waals surface area (Å²) >= 11 is 1.62. The van der Waals surface area contributed by atoms with Crippen molar-refractivity contribution >= 4 is 11.8 Å². The first kappa shape index (κ1) is 14.8. The third-order valence-corrected chi connectivity index (χ3v) is 4.01. The zero-order valence-electron chi connectivity index (χ0n) is 11.9. The van der Waals surface area contributed by atoms with Crippen LogP contribution >= 0.6 is 11.8 Å². The van der Waals surface area contributed by atoms with Crippen molar-refractivity contribution in [2.45, 2.75) is 18.1 Å². The van der Waals surface area contributed by atoms with Crippen LogP contribution in [0.25, 0.3) is 0 Å². The van der Waals surface area contributed by atoms with Crippen LogP contribution in [0.4, 0.5) is 0 Å². The summed E-state index contributed by atoms with van der Waals surface area (Å²) in [7, 11) is 3.79. The largest absolute Gasteiger partial charge is 0.494 e. The number of thioether (sulfide) groups is 1. The zero-order chi connectivity index (χ0) is 14.4. The van der Waals surface area contributed by atoms with Crippen molar-refractivity contribution in [3.05, 3.63) is 29.8 Å². The molecule has 0 spiro atoms. The van der Waals surface area contributed by atoms with Gasteiger partial charge in [-0.2, -0.15) is 0 Å². The van der Waals surface area contributed by atoms with Crippen LogP contribution in [0.5, 0.6) is 5.75 Å². The molecule has 1 aromatic carbocycles. The van der Waals surface area contributed by atoms with Crippen molar-refractivity contribution in [1.82, 2.24) is 25.5 Å². The number of hydrogen-bond donors (Lipinski definition) is 1. The van der Waals surface area contributed by atoms with Gasteiger partial charge in [0.25, 0.3) is 0 Å². The molecule has 2 rings (SSSR count). The molecule has 0 aliphatic heterocycles. The lowest BCUT2D eigenvalue weighted by molar-refractivity contribution is 0.333. The summed E-state index contributed by atoms with van der Waals surface area (Å²) < 4.78 is 7.36. The fourth-order valence-corrected chi connectivity index (χ4v) is 2.86. The summed E-state index contributed by atoms with van der Waals surface area (Å²) in [5.41, 5.74) is 1.15. The molecule has 0 saturated heterocycles. The Morgan fingerprint density at radius 1 is 1.40 bits per heavy atom. The van der Waals surface area contributed by atoms with E-state index in [9.17, 15) is 0 Å². The molecule has 0 radical (unpaired) electrons. The van der Waals surface area contributed by atoms with Crippen LogP contribution in [0, 0.1) is 0 Å². The van der Waals surface area contributed by atoms with Crippen LogP contribution in [0.1, 0.15) is 18.5 Å². The fourth-order valence-electron chi connectivity index (χ4n) is 1.89. The second-order valence-electron chi connectivity index (χ2n) is 4.21. The second-order valence-corrected chi connectivity index (χ2v) is 5.20. The third-order valence-electron chi connectivity index (χ3n) is 2.90. The Labute approximate surface area is 122 Å². The predicted molar refractivity (Wildman–Crippen MR) is 78.9 cm³/mol. The molecule has 20 heavy (non-hydrogen) atoms. The van der Waals surface area contributed by atoms with Gasteiger partial charge < -0.3 is 10.1 Å². The minimum atomic E-state index is 0.180. The van der Waals surface area contributed by atoms with Gasteiger partial charge in [0.1, 0.15) is 5.75 Å². The van der Waals surface area contributed by atoms with E-state index in [-0.39, 0.29) is 6.04 Å². The normalized spacial score (nSPS) is 12.3. The number of ether oxygens (including phenoxy) is 1. The molecular formula is C13H19N5OS. The highest BCUT2D eigenvalue weighted by molar-refractivity contribution is 7.99. The molecule has 0 fully saturated rings. The van der Waals surface area contributed by atoms with Crippen molar-refractivity contribution in [1.29, 1.82) is 0 Å². The molecule has 1 aromatic heterocycles. The van der Waals surface area contributed by atoms with E-state index < -0.39 is 0 Å². The molecule has 108 valence electrons. The Morgan fingerprint density at radius 2 is 2.20 bits per heavy atom. The fraction of sp³-hybridized carbons (Fsp3) is 0.462. The average Bonchev–Trinajstić information content (AvgIpc) is 2.87. The van der Waals surface area contributed by atoms with E-state index in [1.807, 2.05) is 39.2 Å². The molecule has 7 heteroatoms. The molecule has 0 bridgehead atoms. The van der Waals surface area contributed by atoms with Crippen molar-refractivity contribution in [3.8, 4) is 5.75 Å². The number of nitrogens with one attached hydrogen (secondary N) is 1. The Hall–Kier alpha value is -1.60. The number of hydrogen-bond acceptors (Lipinski definition) is 6. The number of aromatic nitrogens is 4. The van der Waals surface area contributed by atoms with Crippen molar-refractivity contribution in [2.75, 3.05) is 19.4 Å². The topological polar surface area (TPSA) is 64.9 Å². The molecule has 1 unspecified atom stereocenters. The monoisotopic (exact) mass is 293 g/mol. The molecule has 2 aromatic rings. The number of rotatable bonds is 7. The van der Waals surface area contributed by atoms with Gasteiger partial charge in [0.05, 0.1) is 6.61 Å². The zero-order valence-corrected chi connectivity index (χ0v) is 12.7. The Bertz CT molecular complexity index is 545. The van der Waals surface area contributed by atoms with Gasteiger partial charge in [-0.25, -0.2) is 4.68 Å². The average molecular weight is 293 g/mol. The minimum absolute atomic E-state index is 0.180. The highest BCUT2D eigenvalue weighted by Gasteiger charge is 2.16. The third kappa shape index (κ3) is 3.49. The Balaban J connectivity index is 2.10. The molecule has 1 atom stereocenters. The maximum absolute atomic E-state index is 5.69. The first-order valence-corrected chi connectivity index (χ1v) is 7.49. The van der Waals surface area contributed by atoms with Gasteiger partial charge in [0.2, 0.25) is 5.16 Å². The number of nitrogens with zero attached hydrogens (tertiary/aromatic N) is 4. The van der Waals surface area contributed by atoms with Crippen LogP contribution in [0.2, 0.25) is 0 Å². The van der Waals surface area contributed by atoms with Gasteiger partial charge in [-0.05, 0) is 30.5 Å². The maximum Gasteiger partial charge on any atom is 0.209 e. The van der Waals surface area contributed by atoms with Crippen molar-refractivity contribution in [3.63, 3.8) is 0 Å². The summed E-state index contributed by atoms with van der Waals surface area (Å²) in [6, 6.07) is 8.27. The Kier molecular flexibility index (Phi) is 5.37. The first-order valence-electron chi connectivity index (χ1n) is 6.50. The Morgan fingerprint density at radius 3 is 2.85 bits per heavy atom. The van der Waals surface area contributed by atoms with Crippen LogP contribution < -0.4 is 10.1 Å². The van der Waals surface area contributed by atoms with E-state index in [1.165, 1.54) is 0 Å². The predicted octanol–water partition coefficient (Wildman–Crippen LogP) is 1.66. The first-order chi connectivity index (χ1) is 9.76. The molecule has 0 saturated carbocycles. The molecule has 0 aliphatic carbocycles. The standard InChI is InChI=1S/C13H19N5OS/c1-4-19-12-8-6-5-7-10(12)11(14-2)9-20-13-15-16-17-18(13)3/h5-8,11,14H,4,9H2,1-3H3. The summed E-state index contributed by atoms with van der Waals surface area (Å²) in [5, 5.41) is 15.6.